The van der Waals surface area contributed by atoms with E-state index in [1.54, 1.807) is 6.08 Å². The highest BCUT2D eigenvalue weighted by Gasteiger charge is 2.18. The average Bonchev–Trinajstić information content (AvgIpc) is 3.53. The molecule has 0 saturated heterocycles. The van der Waals surface area contributed by atoms with Gasteiger partial charge in [-0.25, -0.2) is 0 Å². The highest BCUT2D eigenvalue weighted by atomic mass is 16.5. The number of ether oxygens (including phenoxy) is 1. The van der Waals surface area contributed by atoms with E-state index in [0.717, 1.165) is 51.4 Å². The van der Waals surface area contributed by atoms with Crippen molar-refractivity contribution in [1.29, 1.82) is 0 Å². The maximum absolute atomic E-state index is 12.5. The van der Waals surface area contributed by atoms with E-state index in [1.165, 1.54) is 347 Å². The number of allylic oxidation sites excluding steroid dienone is 5. The molecule has 0 rings (SSSR count). The van der Waals surface area contributed by atoms with Crippen LogP contribution in [0.5, 0.6) is 0 Å². The zero-order valence-corrected chi connectivity index (χ0v) is 56.9. The molecule has 0 aliphatic heterocycles. The lowest BCUT2D eigenvalue weighted by molar-refractivity contribution is -0.143. The first-order chi connectivity index (χ1) is 41.5. The molecule has 0 aliphatic rings. The molecule has 0 bridgehead atoms. The standard InChI is InChI=1S/C78H149NO5/c1-3-5-7-9-11-13-15-17-19-21-23-24-25-29-32-35-38-42-46-50-54-58-62-66-70-76(81)75(74-80)79-77(82)71-67-63-59-55-51-47-43-39-36-33-30-27-26-28-31-34-37-41-45-49-53-57-61-65-69-73-84-78(83)72-68-64-60-56-52-48-44-40-22-20-18-16-14-12-10-8-6-4-2/h14,16,20,22,66,70,75-76,80-81H,3-13,15,17-19,21,23-65,67-69,71-74H2,1-2H3,(H,79,82)/b16-14-,22-20-,70-66+. The van der Waals surface area contributed by atoms with Gasteiger partial charge in [0.25, 0.3) is 0 Å². The first-order valence-corrected chi connectivity index (χ1v) is 38.3. The smallest absolute Gasteiger partial charge is 0.305 e. The lowest BCUT2D eigenvalue weighted by Crippen LogP contribution is -2.45. The number of nitrogens with one attached hydrogen (secondary N) is 1. The molecule has 6 nitrogen and oxygen atoms in total. The third kappa shape index (κ3) is 69.2. The van der Waals surface area contributed by atoms with Crippen LogP contribution >= 0.6 is 0 Å². The molecule has 6 heteroatoms. The second-order valence-corrected chi connectivity index (χ2v) is 26.3. The molecule has 3 N–H and O–H groups in total. The summed E-state index contributed by atoms with van der Waals surface area (Å²) in [5.41, 5.74) is 0. The summed E-state index contributed by atoms with van der Waals surface area (Å²) in [5, 5.41) is 23.3. The van der Waals surface area contributed by atoms with E-state index in [-0.39, 0.29) is 18.5 Å². The van der Waals surface area contributed by atoms with E-state index in [0.29, 0.717) is 19.4 Å². The van der Waals surface area contributed by atoms with Crippen molar-refractivity contribution in [2.45, 2.75) is 437 Å². The summed E-state index contributed by atoms with van der Waals surface area (Å²) in [6.45, 7) is 4.93. The Balaban J connectivity index is 3.39. The second kappa shape index (κ2) is 73.5. The number of carbonyl (C=O) groups is 2. The van der Waals surface area contributed by atoms with Gasteiger partial charge in [0, 0.05) is 12.8 Å². The lowest BCUT2D eigenvalue weighted by atomic mass is 10.0. The van der Waals surface area contributed by atoms with Crippen LogP contribution in [0.1, 0.15) is 425 Å². The predicted octanol–water partition coefficient (Wildman–Crippen LogP) is 25.0. The molecule has 496 valence electrons. The molecule has 0 saturated carbocycles. The van der Waals surface area contributed by atoms with Crippen molar-refractivity contribution in [3.05, 3.63) is 36.5 Å². The fourth-order valence-electron chi connectivity index (χ4n) is 12.1. The average molecular weight is 1180 g/mol. The first-order valence-electron chi connectivity index (χ1n) is 38.3. The highest BCUT2D eigenvalue weighted by molar-refractivity contribution is 5.76. The molecule has 0 aliphatic carbocycles. The molecule has 0 aromatic heterocycles. The van der Waals surface area contributed by atoms with Crippen LogP contribution in [0.4, 0.5) is 0 Å². The fraction of sp³-hybridized carbons (Fsp3) is 0.897. The molecular weight excluding hydrogens is 1030 g/mol. The van der Waals surface area contributed by atoms with Gasteiger partial charge in [-0.3, -0.25) is 9.59 Å². The molecule has 1 amide bonds. The minimum absolute atomic E-state index is 0.00946. The number of esters is 1. The molecule has 0 aromatic rings. The molecule has 0 heterocycles. The van der Waals surface area contributed by atoms with Crippen LogP contribution in [-0.4, -0.2) is 47.4 Å². The van der Waals surface area contributed by atoms with Crippen LogP contribution in [0.25, 0.3) is 0 Å². The Morgan fingerprint density at radius 2 is 0.595 bits per heavy atom. The van der Waals surface area contributed by atoms with Crippen LogP contribution in [-0.2, 0) is 14.3 Å². The Bertz CT molecular complexity index is 1360. The van der Waals surface area contributed by atoms with Gasteiger partial charge in [-0.15, -0.1) is 0 Å². The Labute approximate surface area is 525 Å². The van der Waals surface area contributed by atoms with Crippen LogP contribution < -0.4 is 5.32 Å². The van der Waals surface area contributed by atoms with Crippen molar-refractivity contribution < 1.29 is 24.5 Å². The summed E-state index contributed by atoms with van der Waals surface area (Å²) in [4.78, 5) is 24.7. The number of rotatable bonds is 72. The van der Waals surface area contributed by atoms with Crippen LogP contribution in [0, 0.1) is 0 Å². The molecule has 0 fully saturated rings. The van der Waals surface area contributed by atoms with Crippen molar-refractivity contribution in [3.63, 3.8) is 0 Å². The quantitative estimate of drug-likeness (QED) is 0.0320. The topological polar surface area (TPSA) is 95.9 Å². The molecule has 2 unspecified atom stereocenters. The monoisotopic (exact) mass is 1180 g/mol. The molecule has 0 radical (unpaired) electrons. The Morgan fingerprint density at radius 1 is 0.333 bits per heavy atom. The Morgan fingerprint density at radius 3 is 0.917 bits per heavy atom. The third-order valence-electron chi connectivity index (χ3n) is 17.9. The van der Waals surface area contributed by atoms with Gasteiger partial charge in [-0.2, -0.15) is 0 Å². The van der Waals surface area contributed by atoms with E-state index < -0.39 is 12.1 Å². The predicted molar refractivity (Wildman–Crippen MR) is 370 cm³/mol. The van der Waals surface area contributed by atoms with Crippen LogP contribution in [0.3, 0.4) is 0 Å². The van der Waals surface area contributed by atoms with E-state index in [4.69, 9.17) is 4.74 Å². The number of amides is 1. The van der Waals surface area contributed by atoms with Crippen molar-refractivity contribution in [1.82, 2.24) is 5.32 Å². The maximum Gasteiger partial charge on any atom is 0.305 e. The van der Waals surface area contributed by atoms with Crippen molar-refractivity contribution in [2.75, 3.05) is 13.2 Å². The molecular formula is C78H149NO5. The van der Waals surface area contributed by atoms with Crippen LogP contribution in [0.15, 0.2) is 36.5 Å². The van der Waals surface area contributed by atoms with Gasteiger partial charge >= 0.3 is 5.97 Å². The Kier molecular flexibility index (Phi) is 71.9. The fourth-order valence-corrected chi connectivity index (χ4v) is 12.1. The number of carbonyl (C=O) groups excluding carboxylic acids is 2. The minimum atomic E-state index is -0.845. The zero-order valence-electron chi connectivity index (χ0n) is 56.9. The summed E-state index contributed by atoms with van der Waals surface area (Å²) in [5.74, 6) is -0.0522. The summed E-state index contributed by atoms with van der Waals surface area (Å²) < 4.78 is 5.51. The van der Waals surface area contributed by atoms with Gasteiger partial charge in [-0.05, 0) is 64.2 Å². The summed E-state index contributed by atoms with van der Waals surface area (Å²) in [6, 6.07) is -0.628. The number of hydrogen-bond acceptors (Lipinski definition) is 5. The van der Waals surface area contributed by atoms with E-state index in [9.17, 15) is 19.8 Å². The minimum Gasteiger partial charge on any atom is -0.466 e. The summed E-state index contributed by atoms with van der Waals surface area (Å²) in [6.07, 6.45) is 95.3. The largest absolute Gasteiger partial charge is 0.466 e. The first kappa shape index (κ1) is 82.1. The highest BCUT2D eigenvalue weighted by Crippen LogP contribution is 2.19. The molecule has 0 spiro atoms. The summed E-state index contributed by atoms with van der Waals surface area (Å²) >= 11 is 0. The molecule has 2 atom stereocenters. The van der Waals surface area contributed by atoms with Crippen LogP contribution in [0.2, 0.25) is 0 Å². The number of unbranched alkanes of at least 4 members (excludes halogenated alkanes) is 57. The van der Waals surface area contributed by atoms with Gasteiger partial charge in [-0.1, -0.05) is 384 Å². The molecule has 84 heavy (non-hydrogen) atoms. The second-order valence-electron chi connectivity index (χ2n) is 26.3. The third-order valence-corrected chi connectivity index (χ3v) is 17.9. The van der Waals surface area contributed by atoms with Gasteiger partial charge in [0.1, 0.15) is 0 Å². The van der Waals surface area contributed by atoms with Gasteiger partial charge in [0.15, 0.2) is 0 Å². The molecule has 0 aromatic carbocycles. The van der Waals surface area contributed by atoms with Gasteiger partial charge in [0.2, 0.25) is 5.91 Å². The number of aliphatic hydroxyl groups excluding tert-OH is 2. The van der Waals surface area contributed by atoms with E-state index in [2.05, 4.69) is 43.5 Å². The number of aliphatic hydroxyl groups is 2. The van der Waals surface area contributed by atoms with Crippen molar-refractivity contribution in [3.8, 4) is 0 Å². The Hall–Kier alpha value is -1.92. The van der Waals surface area contributed by atoms with Crippen molar-refractivity contribution >= 4 is 11.9 Å². The number of hydrogen-bond donors (Lipinski definition) is 3. The van der Waals surface area contributed by atoms with Crippen molar-refractivity contribution in [2.24, 2.45) is 0 Å². The summed E-state index contributed by atoms with van der Waals surface area (Å²) in [7, 11) is 0. The van der Waals surface area contributed by atoms with Gasteiger partial charge in [0.05, 0.1) is 25.4 Å². The van der Waals surface area contributed by atoms with Gasteiger partial charge < -0.3 is 20.3 Å². The zero-order chi connectivity index (χ0) is 60.6. The SMILES string of the molecule is CCCCCC/C=C\C/C=C\CCCCCCCCCC(=O)OCCCCCCCCCCCCCCCCCCCCCCCCCCCC(=O)NC(CO)C(O)/C=C/CCCCCCCCCCCCCCCCCCCCCCCC. The normalized spacial score (nSPS) is 12.7. The lowest BCUT2D eigenvalue weighted by Gasteiger charge is -2.20. The van der Waals surface area contributed by atoms with E-state index >= 15 is 0 Å². The van der Waals surface area contributed by atoms with E-state index in [1.807, 2.05) is 6.08 Å². The maximum atomic E-state index is 12.5.